The van der Waals surface area contributed by atoms with Crippen LogP contribution in [0.3, 0.4) is 0 Å². The van der Waals surface area contributed by atoms with Crippen molar-refractivity contribution in [1.29, 1.82) is 0 Å². The van der Waals surface area contributed by atoms with E-state index in [-0.39, 0.29) is 11.7 Å². The van der Waals surface area contributed by atoms with Crippen molar-refractivity contribution < 1.29 is 17.6 Å². The number of nitrogens with one attached hydrogen (secondary N) is 1. The first-order valence-electron chi connectivity index (χ1n) is 7.80. The minimum absolute atomic E-state index is 0.0163. The molecule has 0 radical (unpaired) electrons. The summed E-state index contributed by atoms with van der Waals surface area (Å²) >= 11 is 0. The van der Waals surface area contributed by atoms with Gasteiger partial charge in [-0.2, -0.15) is 0 Å². The smallest absolute Gasteiger partial charge is 0.208 e. The molecule has 1 aromatic rings. The first-order valence-corrected chi connectivity index (χ1v) is 9.69. The van der Waals surface area contributed by atoms with Crippen LogP contribution in [-0.2, 0) is 21.3 Å². The maximum Gasteiger partial charge on any atom is 0.208 e. The fraction of sp³-hybridized carbons (Fsp3) is 0.733. The molecular formula is C15H24N2O4S. The highest BCUT2D eigenvalue weighted by molar-refractivity contribution is 7.88. The zero-order valence-corrected chi connectivity index (χ0v) is 13.8. The summed E-state index contributed by atoms with van der Waals surface area (Å²) in [5, 5.41) is 0. The molecule has 0 aromatic carbocycles. The second kappa shape index (κ2) is 6.31. The fourth-order valence-corrected chi connectivity index (χ4v) is 4.00. The van der Waals surface area contributed by atoms with Crippen molar-refractivity contribution in [2.75, 3.05) is 25.9 Å². The van der Waals surface area contributed by atoms with E-state index < -0.39 is 10.0 Å². The van der Waals surface area contributed by atoms with Gasteiger partial charge in [-0.3, -0.25) is 4.90 Å². The molecule has 7 heteroatoms. The molecule has 0 amide bonds. The Morgan fingerprint density at radius 2 is 2.32 bits per heavy atom. The summed E-state index contributed by atoms with van der Waals surface area (Å²) in [6, 6.07) is 1.99. The van der Waals surface area contributed by atoms with E-state index in [0.717, 1.165) is 45.3 Å². The molecule has 1 spiro atoms. The number of rotatable bonds is 5. The molecule has 0 aliphatic carbocycles. The molecule has 2 aliphatic rings. The maximum absolute atomic E-state index is 11.2. The van der Waals surface area contributed by atoms with Crippen molar-refractivity contribution >= 4 is 10.0 Å². The minimum Gasteiger partial charge on any atom is -0.472 e. The quantitative estimate of drug-likeness (QED) is 0.883. The van der Waals surface area contributed by atoms with Gasteiger partial charge in [-0.15, -0.1) is 0 Å². The van der Waals surface area contributed by atoms with Crippen molar-refractivity contribution in [3.05, 3.63) is 24.2 Å². The standard InChI is InChI=1S/C15H24N2O4S/c1-22(18,19)16-9-14-3-2-5-15(21-14)6-7-17(12-15)10-13-4-8-20-11-13/h4,8,11,14,16H,2-3,5-7,9-10,12H2,1H3/t14-,15-/m0/s1. The van der Waals surface area contributed by atoms with Crippen LogP contribution in [0, 0.1) is 0 Å². The largest absolute Gasteiger partial charge is 0.472 e. The monoisotopic (exact) mass is 328 g/mol. The number of hydrogen-bond donors (Lipinski definition) is 1. The molecule has 2 fully saturated rings. The lowest BCUT2D eigenvalue weighted by Crippen LogP contribution is -2.46. The van der Waals surface area contributed by atoms with E-state index in [2.05, 4.69) is 9.62 Å². The molecule has 1 N–H and O–H groups in total. The Labute approximate surface area is 131 Å². The SMILES string of the molecule is CS(=O)(=O)NC[C@@H]1CCC[C@@]2(CCN(Cc3ccoc3)C2)O1. The van der Waals surface area contributed by atoms with Crippen LogP contribution in [0.5, 0.6) is 0 Å². The highest BCUT2D eigenvalue weighted by Gasteiger charge is 2.42. The normalized spacial score (nSPS) is 30.1. The van der Waals surface area contributed by atoms with Crippen LogP contribution in [0.15, 0.2) is 23.0 Å². The van der Waals surface area contributed by atoms with E-state index in [0.29, 0.717) is 6.54 Å². The molecule has 3 rings (SSSR count). The van der Waals surface area contributed by atoms with Crippen LogP contribution < -0.4 is 4.72 Å². The topological polar surface area (TPSA) is 71.8 Å². The Kier molecular flexibility index (Phi) is 4.59. The molecule has 3 heterocycles. The molecular weight excluding hydrogens is 304 g/mol. The Balaban J connectivity index is 1.55. The molecule has 6 nitrogen and oxygen atoms in total. The molecule has 0 unspecified atom stereocenters. The summed E-state index contributed by atoms with van der Waals surface area (Å²) in [5.41, 5.74) is 1.08. The second-order valence-corrected chi connectivity index (χ2v) is 8.36. The third-order valence-corrected chi connectivity index (χ3v) is 5.22. The van der Waals surface area contributed by atoms with Gasteiger partial charge in [-0.1, -0.05) is 0 Å². The van der Waals surface area contributed by atoms with Gasteiger partial charge in [0.2, 0.25) is 10.0 Å². The summed E-state index contributed by atoms with van der Waals surface area (Å²) in [7, 11) is -3.15. The van der Waals surface area contributed by atoms with Crippen molar-refractivity contribution in [3.63, 3.8) is 0 Å². The van der Waals surface area contributed by atoms with Gasteiger partial charge < -0.3 is 9.15 Å². The summed E-state index contributed by atoms with van der Waals surface area (Å²) < 4.78 is 36.4. The zero-order chi connectivity index (χ0) is 15.6. The van der Waals surface area contributed by atoms with E-state index in [1.807, 2.05) is 6.07 Å². The molecule has 2 atom stereocenters. The Bertz CT molecular complexity index is 587. The number of hydrogen-bond acceptors (Lipinski definition) is 5. The van der Waals surface area contributed by atoms with Gasteiger partial charge in [-0.05, 0) is 31.7 Å². The highest BCUT2D eigenvalue weighted by atomic mass is 32.2. The van der Waals surface area contributed by atoms with Gasteiger partial charge in [0.05, 0.1) is 30.5 Å². The van der Waals surface area contributed by atoms with Crippen LogP contribution in [0.2, 0.25) is 0 Å². The average molecular weight is 328 g/mol. The molecule has 22 heavy (non-hydrogen) atoms. The Morgan fingerprint density at radius 1 is 1.45 bits per heavy atom. The zero-order valence-electron chi connectivity index (χ0n) is 13.0. The molecule has 2 saturated heterocycles. The van der Waals surface area contributed by atoms with Crippen molar-refractivity contribution in [3.8, 4) is 0 Å². The van der Waals surface area contributed by atoms with Crippen LogP contribution in [0.25, 0.3) is 0 Å². The minimum atomic E-state index is -3.15. The van der Waals surface area contributed by atoms with Gasteiger partial charge in [-0.25, -0.2) is 13.1 Å². The molecule has 0 bridgehead atoms. The van der Waals surface area contributed by atoms with Crippen LogP contribution in [-0.4, -0.2) is 50.9 Å². The average Bonchev–Trinajstić information content (AvgIpc) is 3.08. The third kappa shape index (κ3) is 4.10. The van der Waals surface area contributed by atoms with E-state index in [9.17, 15) is 8.42 Å². The highest BCUT2D eigenvalue weighted by Crippen LogP contribution is 2.37. The summed E-state index contributed by atoms with van der Waals surface area (Å²) in [4.78, 5) is 2.39. The molecule has 2 aliphatic heterocycles. The van der Waals surface area contributed by atoms with Crippen LogP contribution in [0.1, 0.15) is 31.2 Å². The Morgan fingerprint density at radius 3 is 3.05 bits per heavy atom. The number of likely N-dealkylation sites (tertiary alicyclic amines) is 1. The van der Waals surface area contributed by atoms with E-state index in [4.69, 9.17) is 9.15 Å². The molecule has 124 valence electrons. The number of sulfonamides is 1. The van der Waals surface area contributed by atoms with Crippen molar-refractivity contribution in [2.24, 2.45) is 0 Å². The van der Waals surface area contributed by atoms with Gasteiger partial charge in [0.15, 0.2) is 0 Å². The van der Waals surface area contributed by atoms with Crippen molar-refractivity contribution in [1.82, 2.24) is 9.62 Å². The molecule has 1 aromatic heterocycles. The van der Waals surface area contributed by atoms with Crippen molar-refractivity contribution in [2.45, 2.75) is 43.9 Å². The first-order chi connectivity index (χ1) is 10.4. The number of nitrogens with zero attached hydrogens (tertiary/aromatic N) is 1. The van der Waals surface area contributed by atoms with Gasteiger partial charge in [0.1, 0.15) is 0 Å². The predicted molar refractivity (Wildman–Crippen MR) is 82.9 cm³/mol. The summed E-state index contributed by atoms with van der Waals surface area (Å²) in [6.07, 6.45) is 8.74. The van der Waals surface area contributed by atoms with Crippen LogP contribution in [0.4, 0.5) is 0 Å². The van der Waals surface area contributed by atoms with E-state index in [1.54, 1.807) is 12.5 Å². The Hall–Kier alpha value is -0.890. The second-order valence-electron chi connectivity index (χ2n) is 6.53. The third-order valence-electron chi connectivity index (χ3n) is 4.53. The van der Waals surface area contributed by atoms with Gasteiger partial charge in [0, 0.05) is 31.7 Å². The lowest BCUT2D eigenvalue weighted by atomic mass is 9.90. The molecule has 0 saturated carbocycles. The summed E-state index contributed by atoms with van der Waals surface area (Å²) in [5.74, 6) is 0. The lowest BCUT2D eigenvalue weighted by Gasteiger charge is -2.38. The predicted octanol–water partition coefficient (Wildman–Crippen LogP) is 1.34. The number of furan rings is 1. The lowest BCUT2D eigenvalue weighted by molar-refractivity contribution is -0.118. The van der Waals surface area contributed by atoms with Gasteiger partial charge >= 0.3 is 0 Å². The maximum atomic E-state index is 11.2. The first kappa shape index (κ1) is 16.0. The van der Waals surface area contributed by atoms with Gasteiger partial charge in [0.25, 0.3) is 0 Å². The van der Waals surface area contributed by atoms with E-state index >= 15 is 0 Å². The van der Waals surface area contributed by atoms with Crippen LogP contribution >= 0.6 is 0 Å². The van der Waals surface area contributed by atoms with E-state index in [1.165, 1.54) is 11.8 Å². The number of ether oxygens (including phenoxy) is 1. The summed E-state index contributed by atoms with van der Waals surface area (Å²) in [6.45, 7) is 3.18. The fourth-order valence-electron chi connectivity index (χ4n) is 3.51.